The van der Waals surface area contributed by atoms with E-state index < -0.39 is 5.97 Å². The van der Waals surface area contributed by atoms with Crippen LogP contribution in [0.25, 0.3) is 0 Å². The second kappa shape index (κ2) is 5.73. The maximum atomic E-state index is 11.2. The first kappa shape index (κ1) is 12.0. The number of carbonyl (C=O) groups excluding carboxylic acids is 1. The van der Waals surface area contributed by atoms with Gasteiger partial charge in [-0.05, 0) is 25.7 Å². The predicted molar refractivity (Wildman–Crippen MR) is 56.4 cm³/mol. The molecule has 1 saturated carbocycles. The van der Waals surface area contributed by atoms with Crippen molar-refractivity contribution in [2.24, 2.45) is 5.92 Å². The summed E-state index contributed by atoms with van der Waals surface area (Å²) in [5.41, 5.74) is 0. The summed E-state index contributed by atoms with van der Waals surface area (Å²) in [4.78, 5) is 21.5. The number of carboxylic acid groups (broad SMARTS) is 1. The highest BCUT2D eigenvalue weighted by Crippen LogP contribution is 2.33. The molecule has 1 fully saturated rings. The first-order chi connectivity index (χ1) is 7.08. The van der Waals surface area contributed by atoms with Crippen LogP contribution >= 0.6 is 0 Å². The van der Waals surface area contributed by atoms with Gasteiger partial charge in [0.05, 0.1) is 6.42 Å². The summed E-state index contributed by atoms with van der Waals surface area (Å²) in [5.74, 6) is -0.195. The van der Waals surface area contributed by atoms with Crippen molar-refractivity contribution in [1.82, 2.24) is 5.32 Å². The smallest absolute Gasteiger partial charge is 0.303 e. The normalized spacial score (nSPS) is 17.1. The van der Waals surface area contributed by atoms with E-state index in [1.807, 2.05) is 6.92 Å². The van der Waals surface area contributed by atoms with Crippen LogP contribution in [-0.2, 0) is 9.59 Å². The monoisotopic (exact) mass is 213 g/mol. The number of hydrogen-bond acceptors (Lipinski definition) is 2. The first-order valence-corrected chi connectivity index (χ1v) is 5.59. The number of carboxylic acids is 1. The molecule has 2 N–H and O–H groups in total. The van der Waals surface area contributed by atoms with E-state index >= 15 is 0 Å². The molecule has 0 aromatic rings. The zero-order valence-corrected chi connectivity index (χ0v) is 9.16. The molecule has 4 nitrogen and oxygen atoms in total. The Morgan fingerprint density at radius 3 is 2.60 bits per heavy atom. The zero-order chi connectivity index (χ0) is 11.3. The summed E-state index contributed by atoms with van der Waals surface area (Å²) in [6, 6.07) is 0.173. The summed E-state index contributed by atoms with van der Waals surface area (Å²) in [5, 5.41) is 11.2. The van der Waals surface area contributed by atoms with Crippen LogP contribution in [-0.4, -0.2) is 23.0 Å². The average Bonchev–Trinajstić information content (AvgIpc) is 2.95. The molecule has 1 aliphatic rings. The molecule has 86 valence electrons. The van der Waals surface area contributed by atoms with E-state index in [0.29, 0.717) is 0 Å². The van der Waals surface area contributed by atoms with Gasteiger partial charge in [0.15, 0.2) is 0 Å². The van der Waals surface area contributed by atoms with E-state index in [9.17, 15) is 9.59 Å². The lowest BCUT2D eigenvalue weighted by Crippen LogP contribution is -2.32. The van der Waals surface area contributed by atoms with Gasteiger partial charge in [-0.2, -0.15) is 0 Å². The van der Waals surface area contributed by atoms with Crippen molar-refractivity contribution in [3.8, 4) is 0 Å². The maximum absolute atomic E-state index is 11.2. The Morgan fingerprint density at radius 1 is 1.40 bits per heavy atom. The van der Waals surface area contributed by atoms with Crippen molar-refractivity contribution in [1.29, 1.82) is 0 Å². The molecule has 0 aromatic carbocycles. The number of carbonyl (C=O) groups is 2. The quantitative estimate of drug-likeness (QED) is 0.674. The van der Waals surface area contributed by atoms with Gasteiger partial charge in [0.1, 0.15) is 0 Å². The average molecular weight is 213 g/mol. The van der Waals surface area contributed by atoms with Gasteiger partial charge in [0, 0.05) is 12.5 Å². The molecule has 0 radical (unpaired) electrons. The fourth-order valence-corrected chi connectivity index (χ4v) is 1.53. The molecule has 4 heteroatoms. The summed E-state index contributed by atoms with van der Waals surface area (Å²) >= 11 is 0. The molecule has 0 heterocycles. The van der Waals surface area contributed by atoms with Crippen molar-refractivity contribution in [3.05, 3.63) is 0 Å². The molecule has 1 rings (SSSR count). The Labute approximate surface area is 90.0 Å². The van der Waals surface area contributed by atoms with E-state index in [-0.39, 0.29) is 24.8 Å². The third kappa shape index (κ3) is 6.10. The topological polar surface area (TPSA) is 66.4 Å². The molecule has 1 unspecified atom stereocenters. The van der Waals surface area contributed by atoms with Crippen LogP contribution in [0.5, 0.6) is 0 Å². The van der Waals surface area contributed by atoms with Crippen LogP contribution in [0.2, 0.25) is 0 Å². The predicted octanol–water partition coefficient (Wildman–Crippen LogP) is 1.55. The van der Waals surface area contributed by atoms with Gasteiger partial charge in [0.2, 0.25) is 5.91 Å². The molecule has 0 aromatic heterocycles. The molecular weight excluding hydrogens is 194 g/mol. The van der Waals surface area contributed by atoms with Crippen molar-refractivity contribution in [3.63, 3.8) is 0 Å². The van der Waals surface area contributed by atoms with E-state index in [4.69, 9.17) is 5.11 Å². The fraction of sp³-hybridized carbons (Fsp3) is 0.818. The van der Waals surface area contributed by atoms with Gasteiger partial charge in [-0.15, -0.1) is 0 Å². The molecule has 0 spiro atoms. The van der Waals surface area contributed by atoms with E-state index in [2.05, 4.69) is 5.32 Å². The van der Waals surface area contributed by atoms with Gasteiger partial charge in [-0.3, -0.25) is 9.59 Å². The Balaban J connectivity index is 2.04. The van der Waals surface area contributed by atoms with Crippen LogP contribution in [0.1, 0.15) is 45.4 Å². The lowest BCUT2D eigenvalue weighted by Gasteiger charge is -2.12. The summed E-state index contributed by atoms with van der Waals surface area (Å²) < 4.78 is 0. The van der Waals surface area contributed by atoms with Gasteiger partial charge in [0.25, 0.3) is 0 Å². The van der Waals surface area contributed by atoms with Gasteiger partial charge < -0.3 is 10.4 Å². The van der Waals surface area contributed by atoms with Gasteiger partial charge in [-0.1, -0.05) is 12.8 Å². The third-order valence-corrected chi connectivity index (χ3v) is 2.68. The highest BCUT2D eigenvalue weighted by molar-refractivity contribution is 5.80. The van der Waals surface area contributed by atoms with Crippen LogP contribution in [0.15, 0.2) is 0 Å². The highest BCUT2D eigenvalue weighted by atomic mass is 16.4. The van der Waals surface area contributed by atoms with E-state index in [1.165, 1.54) is 19.3 Å². The SMILES string of the molecule is CC(CCC1CC1)NC(=O)CCC(=O)O. The molecule has 1 aliphatic carbocycles. The second-order valence-corrected chi connectivity index (χ2v) is 4.38. The molecule has 1 atom stereocenters. The second-order valence-electron chi connectivity index (χ2n) is 4.38. The molecule has 0 bridgehead atoms. The minimum Gasteiger partial charge on any atom is -0.481 e. The highest BCUT2D eigenvalue weighted by Gasteiger charge is 2.21. The van der Waals surface area contributed by atoms with E-state index in [1.54, 1.807) is 0 Å². The standard InChI is InChI=1S/C11H19NO3/c1-8(2-3-9-4-5-9)12-10(13)6-7-11(14)15/h8-9H,2-7H2,1H3,(H,12,13)(H,14,15). The van der Waals surface area contributed by atoms with Gasteiger partial charge >= 0.3 is 5.97 Å². The lowest BCUT2D eigenvalue weighted by molar-refractivity contribution is -0.138. The van der Waals surface area contributed by atoms with Crippen molar-refractivity contribution in [2.75, 3.05) is 0 Å². The van der Waals surface area contributed by atoms with Crippen LogP contribution in [0.4, 0.5) is 0 Å². The molecule has 15 heavy (non-hydrogen) atoms. The Kier molecular flexibility index (Phi) is 4.59. The van der Waals surface area contributed by atoms with Crippen LogP contribution < -0.4 is 5.32 Å². The Bertz CT molecular complexity index is 236. The van der Waals surface area contributed by atoms with E-state index in [0.717, 1.165) is 12.3 Å². The van der Waals surface area contributed by atoms with Crippen LogP contribution in [0.3, 0.4) is 0 Å². The molecular formula is C11H19NO3. The first-order valence-electron chi connectivity index (χ1n) is 5.59. The Hall–Kier alpha value is -1.06. The van der Waals surface area contributed by atoms with Crippen molar-refractivity contribution >= 4 is 11.9 Å². The molecule has 0 saturated heterocycles. The number of hydrogen-bond donors (Lipinski definition) is 2. The number of rotatable bonds is 7. The molecule has 0 aliphatic heterocycles. The number of aliphatic carboxylic acids is 1. The summed E-state index contributed by atoms with van der Waals surface area (Å²) in [7, 11) is 0. The largest absolute Gasteiger partial charge is 0.481 e. The number of amides is 1. The number of nitrogens with one attached hydrogen (secondary N) is 1. The Morgan fingerprint density at radius 2 is 2.07 bits per heavy atom. The third-order valence-electron chi connectivity index (χ3n) is 2.68. The summed E-state index contributed by atoms with van der Waals surface area (Å²) in [6.45, 7) is 1.97. The van der Waals surface area contributed by atoms with Crippen molar-refractivity contribution < 1.29 is 14.7 Å². The van der Waals surface area contributed by atoms with Crippen molar-refractivity contribution in [2.45, 2.75) is 51.5 Å². The molecule has 1 amide bonds. The maximum Gasteiger partial charge on any atom is 0.303 e. The van der Waals surface area contributed by atoms with Gasteiger partial charge in [-0.25, -0.2) is 0 Å². The zero-order valence-electron chi connectivity index (χ0n) is 9.16. The lowest BCUT2D eigenvalue weighted by atomic mass is 10.1. The fourth-order valence-electron chi connectivity index (χ4n) is 1.53. The minimum absolute atomic E-state index is 0.0822. The minimum atomic E-state index is -0.921. The van der Waals surface area contributed by atoms with Crippen LogP contribution in [0, 0.1) is 5.92 Å². The summed E-state index contributed by atoms with van der Waals surface area (Å²) in [6.07, 6.45) is 4.85.